The summed E-state index contributed by atoms with van der Waals surface area (Å²) in [7, 11) is 0. The van der Waals surface area contributed by atoms with Gasteiger partial charge in [0.2, 0.25) is 0 Å². The van der Waals surface area contributed by atoms with Gasteiger partial charge in [0.15, 0.2) is 5.82 Å². The quantitative estimate of drug-likeness (QED) is 0.814. The minimum Gasteiger partial charge on any atom is -0.337 e. The van der Waals surface area contributed by atoms with Gasteiger partial charge in [-0.25, -0.2) is 4.39 Å². The zero-order valence-corrected chi connectivity index (χ0v) is 9.38. The minimum absolute atomic E-state index is 0.00815. The number of carbonyl (C=O) groups is 1. The molecule has 1 saturated heterocycles. The topological polar surface area (TPSA) is 46.3 Å². The van der Waals surface area contributed by atoms with Crippen molar-refractivity contribution >= 4 is 17.5 Å². The van der Waals surface area contributed by atoms with Gasteiger partial charge in [0.05, 0.1) is 10.6 Å². The van der Waals surface area contributed by atoms with Gasteiger partial charge < -0.3 is 10.6 Å². The monoisotopic (exact) mass is 242 g/mol. The molecular weight excluding hydrogens is 231 g/mol. The second kappa shape index (κ2) is 4.39. The molecule has 1 heterocycles. The number of nitrogens with two attached hydrogens (primary N) is 1. The Bertz CT molecular complexity index is 424. The number of amides is 1. The molecule has 1 atom stereocenters. The summed E-state index contributed by atoms with van der Waals surface area (Å²) in [6.07, 6.45) is 0.758. The van der Waals surface area contributed by atoms with E-state index in [2.05, 4.69) is 0 Å². The van der Waals surface area contributed by atoms with Gasteiger partial charge >= 0.3 is 0 Å². The van der Waals surface area contributed by atoms with Crippen molar-refractivity contribution in [2.45, 2.75) is 12.5 Å². The molecule has 1 aliphatic rings. The van der Waals surface area contributed by atoms with Crippen LogP contribution < -0.4 is 5.73 Å². The van der Waals surface area contributed by atoms with E-state index >= 15 is 0 Å². The molecule has 0 aliphatic carbocycles. The molecule has 0 aromatic heterocycles. The first-order valence-corrected chi connectivity index (χ1v) is 5.46. The molecule has 1 amide bonds. The second-order valence-corrected chi connectivity index (χ2v) is 4.31. The zero-order valence-electron chi connectivity index (χ0n) is 8.62. The summed E-state index contributed by atoms with van der Waals surface area (Å²) in [4.78, 5) is 13.5. The van der Waals surface area contributed by atoms with Gasteiger partial charge in [-0.2, -0.15) is 0 Å². The Morgan fingerprint density at radius 2 is 2.31 bits per heavy atom. The van der Waals surface area contributed by atoms with Gasteiger partial charge in [-0.15, -0.1) is 0 Å². The molecule has 0 spiro atoms. The third-order valence-electron chi connectivity index (χ3n) is 2.69. The van der Waals surface area contributed by atoms with E-state index in [1.165, 1.54) is 12.1 Å². The summed E-state index contributed by atoms with van der Waals surface area (Å²) in [5, 5.41) is -0.0330. The van der Waals surface area contributed by atoms with E-state index < -0.39 is 5.82 Å². The first kappa shape index (κ1) is 11.4. The van der Waals surface area contributed by atoms with Crippen LogP contribution >= 0.6 is 11.6 Å². The van der Waals surface area contributed by atoms with Gasteiger partial charge in [-0.1, -0.05) is 17.7 Å². The predicted molar refractivity (Wildman–Crippen MR) is 59.9 cm³/mol. The molecule has 0 bridgehead atoms. The highest BCUT2D eigenvalue weighted by molar-refractivity contribution is 6.31. The predicted octanol–water partition coefficient (Wildman–Crippen LogP) is 1.65. The van der Waals surface area contributed by atoms with Crippen LogP contribution in [-0.4, -0.2) is 29.9 Å². The molecule has 16 heavy (non-hydrogen) atoms. The average molecular weight is 243 g/mol. The van der Waals surface area contributed by atoms with Crippen molar-refractivity contribution in [1.82, 2.24) is 4.90 Å². The molecule has 1 aromatic carbocycles. The lowest BCUT2D eigenvalue weighted by atomic mass is 10.2. The summed E-state index contributed by atoms with van der Waals surface area (Å²) >= 11 is 5.62. The van der Waals surface area contributed by atoms with Crippen molar-refractivity contribution in [3.8, 4) is 0 Å². The van der Waals surface area contributed by atoms with Crippen molar-refractivity contribution < 1.29 is 9.18 Å². The van der Waals surface area contributed by atoms with E-state index in [4.69, 9.17) is 17.3 Å². The maximum Gasteiger partial charge on any atom is 0.256 e. The summed E-state index contributed by atoms with van der Waals surface area (Å²) < 4.78 is 13.6. The smallest absolute Gasteiger partial charge is 0.256 e. The Morgan fingerprint density at radius 3 is 2.94 bits per heavy atom. The lowest BCUT2D eigenvalue weighted by molar-refractivity contribution is 0.0786. The Balaban J connectivity index is 2.24. The van der Waals surface area contributed by atoms with Crippen LogP contribution in [0.1, 0.15) is 16.8 Å². The molecule has 2 N–H and O–H groups in total. The first-order valence-electron chi connectivity index (χ1n) is 5.08. The van der Waals surface area contributed by atoms with Crippen LogP contribution in [0.4, 0.5) is 4.39 Å². The zero-order chi connectivity index (χ0) is 11.7. The van der Waals surface area contributed by atoms with Gasteiger partial charge in [0, 0.05) is 19.1 Å². The molecule has 2 rings (SSSR count). The Labute approximate surface area is 98.0 Å². The van der Waals surface area contributed by atoms with Crippen LogP contribution in [0, 0.1) is 5.82 Å². The highest BCUT2D eigenvalue weighted by Crippen LogP contribution is 2.20. The number of hydrogen-bond acceptors (Lipinski definition) is 2. The number of carbonyl (C=O) groups excluding carboxylic acids is 1. The van der Waals surface area contributed by atoms with E-state index in [1.54, 1.807) is 11.0 Å². The molecule has 1 aromatic rings. The van der Waals surface area contributed by atoms with Gasteiger partial charge in [-0.3, -0.25) is 4.79 Å². The molecular formula is C11H12ClFN2O. The SMILES string of the molecule is N[C@H]1CCN(C(=O)c2cccc(Cl)c2F)C1. The minimum atomic E-state index is -0.658. The maximum absolute atomic E-state index is 13.6. The van der Waals surface area contributed by atoms with Gasteiger partial charge in [0.1, 0.15) is 0 Å². The van der Waals surface area contributed by atoms with Crippen LogP contribution in [-0.2, 0) is 0 Å². The van der Waals surface area contributed by atoms with E-state index in [0.29, 0.717) is 13.1 Å². The van der Waals surface area contributed by atoms with Gasteiger partial charge in [0.25, 0.3) is 5.91 Å². The highest BCUT2D eigenvalue weighted by Gasteiger charge is 2.26. The van der Waals surface area contributed by atoms with E-state index in [1.807, 2.05) is 0 Å². The van der Waals surface area contributed by atoms with Gasteiger partial charge in [-0.05, 0) is 18.6 Å². The van der Waals surface area contributed by atoms with Crippen LogP contribution in [0.2, 0.25) is 5.02 Å². The average Bonchev–Trinajstić information content (AvgIpc) is 2.68. The standard InChI is InChI=1S/C11H12ClFN2O/c12-9-3-1-2-8(10(9)13)11(16)15-5-4-7(14)6-15/h1-3,7H,4-6,14H2/t7-/m0/s1. The molecule has 0 unspecified atom stereocenters. The third-order valence-corrected chi connectivity index (χ3v) is 2.99. The molecule has 0 saturated carbocycles. The van der Waals surface area contributed by atoms with Crippen molar-refractivity contribution in [3.05, 3.63) is 34.6 Å². The normalized spacial score (nSPS) is 20.2. The molecule has 5 heteroatoms. The summed E-state index contributed by atoms with van der Waals surface area (Å²) in [5.74, 6) is -0.998. The van der Waals surface area contributed by atoms with E-state index in [0.717, 1.165) is 6.42 Å². The summed E-state index contributed by atoms with van der Waals surface area (Å²) in [6.45, 7) is 1.05. The lowest BCUT2D eigenvalue weighted by Gasteiger charge is -2.16. The fraction of sp³-hybridized carbons (Fsp3) is 0.364. The highest BCUT2D eigenvalue weighted by atomic mass is 35.5. The summed E-state index contributed by atoms with van der Waals surface area (Å²) in [5.41, 5.74) is 5.71. The molecule has 0 radical (unpaired) electrons. The summed E-state index contributed by atoms with van der Waals surface area (Å²) in [6, 6.07) is 4.41. The van der Waals surface area contributed by atoms with Crippen molar-refractivity contribution in [3.63, 3.8) is 0 Å². The van der Waals surface area contributed by atoms with Crippen molar-refractivity contribution in [2.75, 3.05) is 13.1 Å². The molecule has 86 valence electrons. The number of nitrogens with zero attached hydrogens (tertiary/aromatic N) is 1. The van der Waals surface area contributed by atoms with E-state index in [9.17, 15) is 9.18 Å². The number of hydrogen-bond donors (Lipinski definition) is 1. The van der Waals surface area contributed by atoms with E-state index in [-0.39, 0.29) is 22.5 Å². The lowest BCUT2D eigenvalue weighted by Crippen LogP contribution is -2.32. The Hall–Kier alpha value is -1.13. The number of halogens is 2. The molecule has 1 aliphatic heterocycles. The number of likely N-dealkylation sites (tertiary alicyclic amines) is 1. The van der Waals surface area contributed by atoms with Crippen molar-refractivity contribution in [2.24, 2.45) is 5.73 Å². The molecule has 1 fully saturated rings. The number of benzene rings is 1. The largest absolute Gasteiger partial charge is 0.337 e. The fourth-order valence-electron chi connectivity index (χ4n) is 1.81. The molecule has 3 nitrogen and oxygen atoms in total. The Kier molecular flexibility index (Phi) is 3.12. The maximum atomic E-state index is 13.6. The van der Waals surface area contributed by atoms with Crippen LogP contribution in [0.5, 0.6) is 0 Å². The van der Waals surface area contributed by atoms with Crippen molar-refractivity contribution in [1.29, 1.82) is 0 Å². The van der Waals surface area contributed by atoms with Crippen LogP contribution in [0.3, 0.4) is 0 Å². The van der Waals surface area contributed by atoms with Crippen LogP contribution in [0.25, 0.3) is 0 Å². The number of rotatable bonds is 1. The Morgan fingerprint density at radius 1 is 1.56 bits per heavy atom. The first-order chi connectivity index (χ1) is 7.59. The third kappa shape index (κ3) is 2.03. The fourth-order valence-corrected chi connectivity index (χ4v) is 1.99. The van der Waals surface area contributed by atoms with Crippen LogP contribution in [0.15, 0.2) is 18.2 Å². The second-order valence-electron chi connectivity index (χ2n) is 3.90.